The maximum Gasteiger partial charge on any atom is 0.322 e. The fourth-order valence-electron chi connectivity index (χ4n) is 4.44. The van der Waals surface area contributed by atoms with Crippen molar-refractivity contribution >= 4 is 11.7 Å². The lowest BCUT2D eigenvalue weighted by Crippen LogP contribution is -2.36. The highest BCUT2D eigenvalue weighted by molar-refractivity contribution is 5.89. The molecule has 0 aliphatic carbocycles. The van der Waals surface area contributed by atoms with Crippen molar-refractivity contribution in [2.45, 2.75) is 32.7 Å². The molecule has 1 N–H and O–H groups in total. The molecule has 0 heterocycles. The van der Waals surface area contributed by atoms with Crippen LogP contribution < -0.4 is 10.1 Å². The number of carbonyl (C=O) groups excluding carboxylic acids is 1. The first-order chi connectivity index (χ1) is 17.6. The number of nitrogens with one attached hydrogen (secondary N) is 1. The van der Waals surface area contributed by atoms with Crippen LogP contribution in [0.3, 0.4) is 0 Å². The summed E-state index contributed by atoms with van der Waals surface area (Å²) in [6, 6.07) is 36.9. The molecule has 0 aliphatic heterocycles. The van der Waals surface area contributed by atoms with Crippen molar-refractivity contribution in [2.75, 3.05) is 18.5 Å². The van der Waals surface area contributed by atoms with Gasteiger partial charge in [-0.1, -0.05) is 84.9 Å². The van der Waals surface area contributed by atoms with E-state index in [1.54, 1.807) is 0 Å². The topological polar surface area (TPSA) is 41.6 Å². The predicted molar refractivity (Wildman–Crippen MR) is 148 cm³/mol. The number of ether oxygens (including phenoxy) is 1. The second-order valence-electron chi connectivity index (χ2n) is 8.96. The Morgan fingerprint density at radius 2 is 1.47 bits per heavy atom. The first-order valence-electron chi connectivity index (χ1n) is 12.6. The molecule has 2 amide bonds. The highest BCUT2D eigenvalue weighted by atomic mass is 16.5. The first-order valence-corrected chi connectivity index (χ1v) is 12.6. The van der Waals surface area contributed by atoms with Crippen LogP contribution in [0.25, 0.3) is 0 Å². The van der Waals surface area contributed by atoms with Gasteiger partial charge in [-0.25, -0.2) is 4.79 Å². The minimum absolute atomic E-state index is 0.102. The molecule has 4 heteroatoms. The minimum Gasteiger partial charge on any atom is -0.494 e. The Morgan fingerprint density at radius 1 is 0.833 bits per heavy atom. The number of benzene rings is 4. The van der Waals surface area contributed by atoms with Gasteiger partial charge in [-0.05, 0) is 66.8 Å². The number of anilines is 1. The molecular formula is C32H34N2O2. The number of aryl methyl sites for hydroxylation is 1. The van der Waals surface area contributed by atoms with Gasteiger partial charge in [0.15, 0.2) is 0 Å². The van der Waals surface area contributed by atoms with Crippen molar-refractivity contribution in [1.29, 1.82) is 0 Å². The van der Waals surface area contributed by atoms with E-state index in [1.807, 2.05) is 79.4 Å². The Kier molecular flexibility index (Phi) is 8.77. The third kappa shape index (κ3) is 6.98. The molecule has 0 radical (unpaired) electrons. The van der Waals surface area contributed by atoms with E-state index >= 15 is 0 Å². The van der Waals surface area contributed by atoms with Crippen molar-refractivity contribution in [1.82, 2.24) is 4.90 Å². The van der Waals surface area contributed by atoms with Crippen molar-refractivity contribution in [3.05, 3.63) is 131 Å². The molecule has 0 fully saturated rings. The Balaban J connectivity index is 1.56. The van der Waals surface area contributed by atoms with Gasteiger partial charge in [0.2, 0.25) is 0 Å². The summed E-state index contributed by atoms with van der Waals surface area (Å²) in [4.78, 5) is 15.4. The van der Waals surface area contributed by atoms with E-state index in [2.05, 4.69) is 53.8 Å². The van der Waals surface area contributed by atoms with E-state index in [-0.39, 0.29) is 11.9 Å². The molecule has 4 aromatic carbocycles. The van der Waals surface area contributed by atoms with Crippen LogP contribution in [0.15, 0.2) is 109 Å². The number of hydrogen-bond donors (Lipinski definition) is 1. The van der Waals surface area contributed by atoms with Crippen molar-refractivity contribution < 1.29 is 9.53 Å². The Morgan fingerprint density at radius 3 is 2.06 bits per heavy atom. The fraction of sp³-hybridized carbons (Fsp3) is 0.219. The summed E-state index contributed by atoms with van der Waals surface area (Å²) >= 11 is 0. The lowest BCUT2D eigenvalue weighted by atomic mass is 9.88. The largest absolute Gasteiger partial charge is 0.494 e. The van der Waals surface area contributed by atoms with Crippen molar-refractivity contribution in [2.24, 2.45) is 0 Å². The van der Waals surface area contributed by atoms with Crippen LogP contribution in [0.2, 0.25) is 0 Å². The van der Waals surface area contributed by atoms with Gasteiger partial charge in [-0.3, -0.25) is 0 Å². The Hall–Kier alpha value is -4.05. The molecule has 0 bridgehead atoms. The van der Waals surface area contributed by atoms with Crippen LogP contribution in [-0.4, -0.2) is 24.1 Å². The predicted octanol–water partition coefficient (Wildman–Crippen LogP) is 7.65. The number of hydrogen-bond acceptors (Lipinski definition) is 2. The van der Waals surface area contributed by atoms with Crippen LogP contribution in [0.5, 0.6) is 5.75 Å². The van der Waals surface area contributed by atoms with Crippen LogP contribution in [0, 0.1) is 6.92 Å². The zero-order valence-corrected chi connectivity index (χ0v) is 21.1. The van der Waals surface area contributed by atoms with Crippen molar-refractivity contribution in [3.8, 4) is 5.75 Å². The lowest BCUT2D eigenvalue weighted by Gasteiger charge is -2.26. The quantitative estimate of drug-likeness (QED) is 0.254. The minimum atomic E-state index is -0.102. The average Bonchev–Trinajstić information content (AvgIpc) is 2.90. The van der Waals surface area contributed by atoms with E-state index in [4.69, 9.17) is 4.74 Å². The normalized spacial score (nSPS) is 10.8. The number of rotatable bonds is 10. The number of carbonyl (C=O) groups is 1. The van der Waals surface area contributed by atoms with Crippen LogP contribution in [0.1, 0.15) is 41.5 Å². The highest BCUT2D eigenvalue weighted by Gasteiger charge is 2.20. The summed E-state index contributed by atoms with van der Waals surface area (Å²) in [5.41, 5.74) is 5.49. The lowest BCUT2D eigenvalue weighted by molar-refractivity contribution is 0.207. The molecule has 0 aromatic heterocycles. The summed E-state index contributed by atoms with van der Waals surface area (Å²) in [5, 5.41) is 3.10. The second-order valence-corrected chi connectivity index (χ2v) is 8.96. The van der Waals surface area contributed by atoms with E-state index in [0.717, 1.165) is 29.0 Å². The monoisotopic (exact) mass is 478 g/mol. The second kappa shape index (κ2) is 12.6. The van der Waals surface area contributed by atoms with Gasteiger partial charge in [0.1, 0.15) is 5.75 Å². The number of nitrogens with zero attached hydrogens (tertiary/aromatic N) is 1. The van der Waals surface area contributed by atoms with E-state index in [1.165, 1.54) is 11.1 Å². The smallest absolute Gasteiger partial charge is 0.322 e. The molecule has 184 valence electrons. The third-order valence-electron chi connectivity index (χ3n) is 6.26. The molecule has 0 aliphatic rings. The standard InChI is InChI=1S/C32H34N2O2/c1-3-36-30-19-17-26(18-20-30)24-34(32(35)33-29-16-10-11-25(2)23-29)22-21-31(27-12-6-4-7-13-27)28-14-8-5-9-15-28/h4-20,23,31H,3,21-22,24H2,1-2H3,(H,33,35). The molecule has 0 spiro atoms. The molecule has 36 heavy (non-hydrogen) atoms. The number of urea groups is 1. The Bertz CT molecular complexity index is 1180. The van der Waals surface area contributed by atoms with Crippen LogP contribution in [-0.2, 0) is 6.54 Å². The molecule has 0 unspecified atom stereocenters. The van der Waals surface area contributed by atoms with Crippen molar-refractivity contribution in [3.63, 3.8) is 0 Å². The fourth-order valence-corrected chi connectivity index (χ4v) is 4.44. The van der Waals surface area contributed by atoms with Crippen LogP contribution in [0.4, 0.5) is 10.5 Å². The van der Waals surface area contributed by atoms with Gasteiger partial charge in [0.25, 0.3) is 0 Å². The van der Waals surface area contributed by atoms with Gasteiger partial charge in [-0.15, -0.1) is 0 Å². The third-order valence-corrected chi connectivity index (χ3v) is 6.26. The maximum atomic E-state index is 13.5. The summed E-state index contributed by atoms with van der Waals surface area (Å²) in [6.07, 6.45) is 0.812. The van der Waals surface area contributed by atoms with Gasteiger partial charge < -0.3 is 15.0 Å². The summed E-state index contributed by atoms with van der Waals surface area (Å²) in [6.45, 7) is 5.75. The molecule has 0 saturated carbocycles. The highest BCUT2D eigenvalue weighted by Crippen LogP contribution is 2.28. The Labute approximate surface area is 214 Å². The van der Waals surface area contributed by atoms with E-state index < -0.39 is 0 Å². The molecule has 4 nitrogen and oxygen atoms in total. The molecular weight excluding hydrogens is 444 g/mol. The molecule has 0 atom stereocenters. The van der Waals surface area contributed by atoms with E-state index in [9.17, 15) is 4.79 Å². The van der Waals surface area contributed by atoms with Gasteiger partial charge in [0, 0.05) is 24.7 Å². The zero-order valence-electron chi connectivity index (χ0n) is 21.1. The molecule has 4 aromatic rings. The molecule has 0 saturated heterocycles. The summed E-state index contributed by atoms with van der Waals surface area (Å²) in [7, 11) is 0. The SMILES string of the molecule is CCOc1ccc(CN(CCC(c2ccccc2)c2ccccc2)C(=O)Nc2cccc(C)c2)cc1. The van der Waals surface area contributed by atoms with Crippen LogP contribution >= 0.6 is 0 Å². The average molecular weight is 479 g/mol. The maximum absolute atomic E-state index is 13.5. The zero-order chi connectivity index (χ0) is 25.2. The first kappa shape index (κ1) is 25.1. The summed E-state index contributed by atoms with van der Waals surface area (Å²) in [5.74, 6) is 1.03. The van der Waals surface area contributed by atoms with Gasteiger partial charge in [0.05, 0.1) is 6.61 Å². The summed E-state index contributed by atoms with van der Waals surface area (Å²) < 4.78 is 5.59. The van der Waals surface area contributed by atoms with E-state index in [0.29, 0.717) is 19.7 Å². The number of amides is 2. The van der Waals surface area contributed by atoms with Gasteiger partial charge in [-0.2, -0.15) is 0 Å². The van der Waals surface area contributed by atoms with Gasteiger partial charge >= 0.3 is 6.03 Å². The molecule has 4 rings (SSSR count).